The molecule has 0 aromatic heterocycles. The summed E-state index contributed by atoms with van der Waals surface area (Å²) in [6.07, 6.45) is 2.02. The molecule has 3 amide bonds. The number of carbonyl (C=O) groups is 3. The summed E-state index contributed by atoms with van der Waals surface area (Å²) in [5.74, 6) is -0.337. The van der Waals surface area contributed by atoms with Crippen LogP contribution in [-0.2, 0) is 14.4 Å². The third kappa shape index (κ3) is 5.25. The lowest BCUT2D eigenvalue weighted by molar-refractivity contribution is -0.123. The second kappa shape index (κ2) is 10.2. The molecule has 2 aromatic rings. The van der Waals surface area contributed by atoms with Crippen molar-refractivity contribution in [2.24, 2.45) is 11.7 Å². The first-order valence-corrected chi connectivity index (χ1v) is 12.5. The number of amides is 3. The Morgan fingerprint density at radius 1 is 1.00 bits per heavy atom. The Balaban J connectivity index is 1.69. The highest BCUT2D eigenvalue weighted by atomic mass is 16.2. The highest BCUT2D eigenvalue weighted by molar-refractivity contribution is 5.98. The van der Waals surface area contributed by atoms with E-state index in [-0.39, 0.29) is 42.3 Å². The number of nitrogens with two attached hydrogens (primary N) is 1. The molecule has 1 fully saturated rings. The topological polar surface area (TPSA) is 87.0 Å². The zero-order valence-electron chi connectivity index (χ0n) is 21.2. The van der Waals surface area contributed by atoms with Crippen molar-refractivity contribution < 1.29 is 14.4 Å². The molecular formula is C28H36N4O3. The van der Waals surface area contributed by atoms with E-state index in [1.807, 2.05) is 67.0 Å². The van der Waals surface area contributed by atoms with Gasteiger partial charge in [-0.05, 0) is 76.9 Å². The second-order valence-electron chi connectivity index (χ2n) is 10.1. The van der Waals surface area contributed by atoms with E-state index in [1.54, 1.807) is 6.92 Å². The number of fused-ring (bicyclic) bond motifs is 1. The molecule has 1 saturated heterocycles. The molecule has 0 spiro atoms. The lowest BCUT2D eigenvalue weighted by atomic mass is 9.88. The number of likely N-dealkylation sites (tertiary alicyclic amines) is 1. The van der Waals surface area contributed by atoms with Gasteiger partial charge in [-0.2, -0.15) is 0 Å². The average Bonchev–Trinajstić information content (AvgIpc) is 2.81. The molecule has 0 bridgehead atoms. The van der Waals surface area contributed by atoms with Gasteiger partial charge in [-0.1, -0.05) is 35.4 Å². The Morgan fingerprint density at radius 3 is 2.23 bits per heavy atom. The van der Waals surface area contributed by atoms with Crippen molar-refractivity contribution in [1.29, 1.82) is 0 Å². The Labute approximate surface area is 207 Å². The summed E-state index contributed by atoms with van der Waals surface area (Å²) < 4.78 is 0. The van der Waals surface area contributed by atoms with Gasteiger partial charge in [0.05, 0.1) is 12.6 Å². The number of benzene rings is 2. The van der Waals surface area contributed by atoms with E-state index in [9.17, 15) is 14.4 Å². The number of hydrogen-bond acceptors (Lipinski definition) is 4. The molecule has 2 aliphatic rings. The Morgan fingerprint density at radius 2 is 1.63 bits per heavy atom. The Bertz CT molecular complexity index is 1110. The molecule has 0 radical (unpaired) electrons. The molecule has 4 rings (SSSR count). The van der Waals surface area contributed by atoms with Gasteiger partial charge in [0.25, 0.3) is 0 Å². The molecule has 2 aliphatic heterocycles. The van der Waals surface area contributed by atoms with E-state index < -0.39 is 0 Å². The van der Waals surface area contributed by atoms with Crippen LogP contribution >= 0.6 is 0 Å². The van der Waals surface area contributed by atoms with Gasteiger partial charge in [0.2, 0.25) is 17.7 Å². The van der Waals surface area contributed by atoms with Gasteiger partial charge in [0.1, 0.15) is 0 Å². The van der Waals surface area contributed by atoms with Crippen molar-refractivity contribution in [3.63, 3.8) is 0 Å². The van der Waals surface area contributed by atoms with Gasteiger partial charge in [-0.3, -0.25) is 19.3 Å². The minimum Gasteiger partial charge on any atom is -0.369 e. The number of piperidine rings is 1. The third-order valence-electron chi connectivity index (χ3n) is 7.39. The van der Waals surface area contributed by atoms with Gasteiger partial charge >= 0.3 is 0 Å². The van der Waals surface area contributed by atoms with Crippen LogP contribution in [0.25, 0.3) is 0 Å². The number of anilines is 2. The fourth-order valence-electron chi connectivity index (χ4n) is 5.52. The molecule has 7 heteroatoms. The van der Waals surface area contributed by atoms with Crippen LogP contribution in [-0.4, -0.2) is 48.3 Å². The van der Waals surface area contributed by atoms with Crippen LogP contribution in [0.3, 0.4) is 0 Å². The largest absolute Gasteiger partial charge is 0.369 e. The number of nitrogens with zero attached hydrogens (tertiary/aromatic N) is 3. The van der Waals surface area contributed by atoms with E-state index in [0.29, 0.717) is 32.4 Å². The SMILES string of the molecule is CC(=O)N1c2ccc(C)cc2[C@@H](N(C(=O)CN2CCC(C(N)=O)CC2)c2ccc(C)cc2)C[C@@H]1C. The standard InChI is InChI=1S/C28H36N4O3/c1-18-5-8-23(9-6-18)32(27(34)17-30-13-11-22(12-14-30)28(29)35)26-16-20(3)31(21(4)33)25-10-7-19(2)15-24(25)26/h5-10,15,20,22,26H,11-14,16-17H2,1-4H3,(H2,29,35)/t20-,26-/m0/s1. The first-order chi connectivity index (χ1) is 16.7. The summed E-state index contributed by atoms with van der Waals surface area (Å²) in [6.45, 7) is 9.34. The van der Waals surface area contributed by atoms with E-state index >= 15 is 0 Å². The van der Waals surface area contributed by atoms with Crippen LogP contribution in [0.4, 0.5) is 11.4 Å². The van der Waals surface area contributed by atoms with Crippen molar-refractivity contribution in [2.75, 3.05) is 29.4 Å². The summed E-state index contributed by atoms with van der Waals surface area (Å²) >= 11 is 0. The maximum Gasteiger partial charge on any atom is 0.241 e. The smallest absolute Gasteiger partial charge is 0.241 e. The summed E-state index contributed by atoms with van der Waals surface area (Å²) in [7, 11) is 0. The lowest BCUT2D eigenvalue weighted by Crippen LogP contribution is -2.50. The number of aryl methyl sites for hydroxylation is 2. The highest BCUT2D eigenvalue weighted by Crippen LogP contribution is 2.43. The van der Waals surface area contributed by atoms with Crippen LogP contribution in [0, 0.1) is 19.8 Å². The van der Waals surface area contributed by atoms with E-state index in [1.165, 1.54) is 0 Å². The summed E-state index contributed by atoms with van der Waals surface area (Å²) in [5, 5.41) is 0. The molecule has 35 heavy (non-hydrogen) atoms. The fourth-order valence-corrected chi connectivity index (χ4v) is 5.52. The zero-order chi connectivity index (χ0) is 25.3. The van der Waals surface area contributed by atoms with Crippen LogP contribution in [0.2, 0.25) is 0 Å². The minimum absolute atomic E-state index is 0.00610. The molecule has 2 atom stereocenters. The molecule has 0 aliphatic carbocycles. The summed E-state index contributed by atoms with van der Waals surface area (Å²) in [5.41, 5.74) is 10.4. The number of hydrogen-bond donors (Lipinski definition) is 1. The molecule has 7 nitrogen and oxygen atoms in total. The van der Waals surface area contributed by atoms with Crippen molar-refractivity contribution in [3.05, 3.63) is 59.2 Å². The van der Waals surface area contributed by atoms with Gasteiger partial charge < -0.3 is 15.5 Å². The third-order valence-corrected chi connectivity index (χ3v) is 7.39. The van der Waals surface area contributed by atoms with Gasteiger partial charge in [-0.15, -0.1) is 0 Å². The van der Waals surface area contributed by atoms with Crippen molar-refractivity contribution in [1.82, 2.24) is 4.90 Å². The predicted octanol–water partition coefficient (Wildman–Crippen LogP) is 3.72. The van der Waals surface area contributed by atoms with Crippen LogP contribution < -0.4 is 15.5 Å². The van der Waals surface area contributed by atoms with E-state index in [4.69, 9.17) is 5.73 Å². The first-order valence-electron chi connectivity index (χ1n) is 12.5. The van der Waals surface area contributed by atoms with E-state index in [0.717, 1.165) is 28.1 Å². The molecule has 2 aromatic carbocycles. The molecule has 0 saturated carbocycles. The minimum atomic E-state index is -0.254. The predicted molar refractivity (Wildman–Crippen MR) is 138 cm³/mol. The fraction of sp³-hybridized carbons (Fsp3) is 0.464. The van der Waals surface area contributed by atoms with Crippen LogP contribution in [0.5, 0.6) is 0 Å². The van der Waals surface area contributed by atoms with E-state index in [2.05, 4.69) is 11.0 Å². The number of primary amides is 1. The first kappa shape index (κ1) is 24.9. The monoisotopic (exact) mass is 476 g/mol. The van der Waals surface area contributed by atoms with Gasteiger partial charge in [0, 0.05) is 30.3 Å². The normalized spacial score (nSPS) is 20.9. The Kier molecular flexibility index (Phi) is 7.26. The van der Waals surface area contributed by atoms with Gasteiger partial charge in [-0.25, -0.2) is 0 Å². The molecule has 2 heterocycles. The molecule has 186 valence electrons. The van der Waals surface area contributed by atoms with Crippen molar-refractivity contribution >= 4 is 29.1 Å². The molecule has 2 N–H and O–H groups in total. The van der Waals surface area contributed by atoms with Gasteiger partial charge in [0.15, 0.2) is 0 Å². The summed E-state index contributed by atoms with van der Waals surface area (Å²) in [6, 6.07) is 14.0. The Hall–Kier alpha value is -3.19. The second-order valence-corrected chi connectivity index (χ2v) is 10.1. The maximum atomic E-state index is 13.9. The van der Waals surface area contributed by atoms with Crippen LogP contribution in [0.15, 0.2) is 42.5 Å². The maximum absolute atomic E-state index is 13.9. The summed E-state index contributed by atoms with van der Waals surface area (Å²) in [4.78, 5) is 43.9. The quantitative estimate of drug-likeness (QED) is 0.713. The molecule has 0 unspecified atom stereocenters. The number of rotatable bonds is 5. The zero-order valence-corrected chi connectivity index (χ0v) is 21.2. The molecular weight excluding hydrogens is 440 g/mol. The highest BCUT2D eigenvalue weighted by Gasteiger charge is 2.38. The average molecular weight is 477 g/mol. The number of carbonyl (C=O) groups excluding carboxylic acids is 3. The van der Waals surface area contributed by atoms with Crippen molar-refractivity contribution in [3.8, 4) is 0 Å². The lowest BCUT2D eigenvalue weighted by Gasteiger charge is -2.44. The van der Waals surface area contributed by atoms with Crippen LogP contribution in [0.1, 0.15) is 55.8 Å². The van der Waals surface area contributed by atoms with Crippen molar-refractivity contribution in [2.45, 2.75) is 59.0 Å².